The van der Waals surface area contributed by atoms with Gasteiger partial charge >= 0.3 is 6.09 Å². The zero-order valence-corrected chi connectivity index (χ0v) is 12.7. The molecular weight excluding hydrogens is 262 g/mol. The molecule has 1 aromatic carbocycles. The molecule has 1 aromatic rings. The minimum absolute atomic E-state index is 0.149. The van der Waals surface area contributed by atoms with Crippen molar-refractivity contribution in [3.05, 3.63) is 35.9 Å². The SMILES string of the molecule is O=C(OCc1ccccc1)N1CCC2(CCCCC2)CC1. The molecule has 1 spiro atoms. The van der Waals surface area contributed by atoms with Crippen molar-refractivity contribution in [1.82, 2.24) is 4.90 Å². The summed E-state index contributed by atoms with van der Waals surface area (Å²) in [5.41, 5.74) is 1.58. The number of likely N-dealkylation sites (tertiary alicyclic amines) is 1. The highest BCUT2D eigenvalue weighted by Crippen LogP contribution is 2.44. The second kappa shape index (κ2) is 6.50. The molecule has 0 atom stereocenters. The van der Waals surface area contributed by atoms with Gasteiger partial charge in [-0.3, -0.25) is 0 Å². The Labute approximate surface area is 127 Å². The lowest BCUT2D eigenvalue weighted by Crippen LogP contribution is -2.44. The first-order chi connectivity index (χ1) is 10.3. The topological polar surface area (TPSA) is 29.5 Å². The smallest absolute Gasteiger partial charge is 0.410 e. The van der Waals surface area contributed by atoms with E-state index in [-0.39, 0.29) is 6.09 Å². The van der Waals surface area contributed by atoms with Crippen molar-refractivity contribution < 1.29 is 9.53 Å². The van der Waals surface area contributed by atoms with Crippen molar-refractivity contribution in [1.29, 1.82) is 0 Å². The number of rotatable bonds is 2. The van der Waals surface area contributed by atoms with Crippen molar-refractivity contribution in [2.45, 2.75) is 51.6 Å². The fourth-order valence-electron chi connectivity index (χ4n) is 3.78. The summed E-state index contributed by atoms with van der Waals surface area (Å²) >= 11 is 0. The van der Waals surface area contributed by atoms with E-state index in [0.717, 1.165) is 31.5 Å². The molecule has 3 heteroatoms. The molecule has 1 amide bonds. The van der Waals surface area contributed by atoms with E-state index in [0.29, 0.717) is 12.0 Å². The molecule has 2 fully saturated rings. The zero-order valence-electron chi connectivity index (χ0n) is 12.7. The Morgan fingerprint density at radius 2 is 1.67 bits per heavy atom. The molecule has 21 heavy (non-hydrogen) atoms. The van der Waals surface area contributed by atoms with Crippen molar-refractivity contribution >= 4 is 6.09 Å². The average molecular weight is 287 g/mol. The van der Waals surface area contributed by atoms with Crippen LogP contribution in [-0.4, -0.2) is 24.1 Å². The number of hydrogen-bond donors (Lipinski definition) is 0. The standard InChI is InChI=1S/C18H25NO2/c20-17(21-15-16-7-3-1-4-8-16)19-13-11-18(12-14-19)9-5-2-6-10-18/h1,3-4,7-8H,2,5-6,9-15H2. The third-order valence-corrected chi connectivity index (χ3v) is 5.20. The van der Waals surface area contributed by atoms with Gasteiger partial charge in [0.05, 0.1) is 0 Å². The van der Waals surface area contributed by atoms with E-state index < -0.39 is 0 Å². The molecule has 0 aromatic heterocycles. The maximum atomic E-state index is 12.1. The van der Waals surface area contributed by atoms with E-state index in [9.17, 15) is 4.79 Å². The third-order valence-electron chi connectivity index (χ3n) is 5.20. The summed E-state index contributed by atoms with van der Waals surface area (Å²) in [6, 6.07) is 9.88. The van der Waals surface area contributed by atoms with Crippen LogP contribution in [0.3, 0.4) is 0 Å². The Bertz CT molecular complexity index is 455. The predicted octanol–water partition coefficient (Wildman–Crippen LogP) is 4.37. The van der Waals surface area contributed by atoms with Crippen molar-refractivity contribution in [2.75, 3.05) is 13.1 Å². The predicted molar refractivity (Wildman–Crippen MR) is 83.0 cm³/mol. The molecule has 1 heterocycles. The van der Waals surface area contributed by atoms with Crippen LogP contribution in [-0.2, 0) is 11.3 Å². The number of benzene rings is 1. The van der Waals surface area contributed by atoms with Gasteiger partial charge < -0.3 is 9.64 Å². The number of piperidine rings is 1. The van der Waals surface area contributed by atoms with E-state index in [1.54, 1.807) is 0 Å². The van der Waals surface area contributed by atoms with Crippen LogP contribution in [0.4, 0.5) is 4.79 Å². The van der Waals surface area contributed by atoms with Crippen LogP contribution >= 0.6 is 0 Å². The van der Waals surface area contributed by atoms with Crippen LogP contribution in [0.1, 0.15) is 50.5 Å². The van der Waals surface area contributed by atoms with Gasteiger partial charge in [-0.25, -0.2) is 4.79 Å². The maximum Gasteiger partial charge on any atom is 0.410 e. The molecule has 2 aliphatic rings. The second-order valence-electron chi connectivity index (χ2n) is 6.59. The number of carbonyl (C=O) groups excluding carboxylic acids is 1. The first kappa shape index (κ1) is 14.4. The molecule has 0 radical (unpaired) electrons. The van der Waals surface area contributed by atoms with E-state index in [2.05, 4.69) is 0 Å². The van der Waals surface area contributed by atoms with Gasteiger partial charge in [0.1, 0.15) is 6.61 Å². The Balaban J connectivity index is 1.46. The summed E-state index contributed by atoms with van der Waals surface area (Å²) in [6.45, 7) is 2.11. The van der Waals surface area contributed by atoms with Gasteiger partial charge in [0.25, 0.3) is 0 Å². The molecule has 0 unspecified atom stereocenters. The average Bonchev–Trinajstić information content (AvgIpc) is 2.55. The first-order valence-corrected chi connectivity index (χ1v) is 8.23. The normalized spacial score (nSPS) is 21.2. The van der Waals surface area contributed by atoms with Crippen molar-refractivity contribution in [3.8, 4) is 0 Å². The quantitative estimate of drug-likeness (QED) is 0.808. The fourth-order valence-corrected chi connectivity index (χ4v) is 3.78. The maximum absolute atomic E-state index is 12.1. The zero-order chi connectivity index (χ0) is 14.5. The number of carbonyl (C=O) groups is 1. The molecule has 1 saturated carbocycles. The van der Waals surface area contributed by atoms with E-state index >= 15 is 0 Å². The van der Waals surface area contributed by atoms with Gasteiger partial charge in [0, 0.05) is 13.1 Å². The third kappa shape index (κ3) is 3.58. The molecule has 1 aliphatic heterocycles. The summed E-state index contributed by atoms with van der Waals surface area (Å²) in [6.07, 6.45) is 9.03. The highest BCUT2D eigenvalue weighted by molar-refractivity contribution is 5.67. The van der Waals surface area contributed by atoms with Gasteiger partial charge in [0.2, 0.25) is 0 Å². The molecule has 3 rings (SSSR count). The number of amides is 1. The lowest BCUT2D eigenvalue weighted by atomic mass is 9.68. The lowest BCUT2D eigenvalue weighted by molar-refractivity contribution is 0.0456. The van der Waals surface area contributed by atoms with Crippen LogP contribution in [0.2, 0.25) is 0 Å². The van der Waals surface area contributed by atoms with Crippen LogP contribution in [0.5, 0.6) is 0 Å². The van der Waals surface area contributed by atoms with Crippen molar-refractivity contribution in [2.24, 2.45) is 5.41 Å². The Morgan fingerprint density at radius 3 is 2.33 bits per heavy atom. The molecule has 3 nitrogen and oxygen atoms in total. The Kier molecular flexibility index (Phi) is 4.47. The summed E-state index contributed by atoms with van der Waals surface area (Å²) in [4.78, 5) is 14.0. The second-order valence-corrected chi connectivity index (χ2v) is 6.59. The van der Waals surface area contributed by atoms with Crippen molar-refractivity contribution in [3.63, 3.8) is 0 Å². The first-order valence-electron chi connectivity index (χ1n) is 8.23. The van der Waals surface area contributed by atoms with E-state index in [4.69, 9.17) is 4.74 Å². The molecule has 114 valence electrons. The van der Waals surface area contributed by atoms with Gasteiger partial charge in [0.15, 0.2) is 0 Å². The number of nitrogens with zero attached hydrogens (tertiary/aromatic N) is 1. The van der Waals surface area contributed by atoms with Crippen LogP contribution in [0, 0.1) is 5.41 Å². The van der Waals surface area contributed by atoms with E-state index in [1.165, 1.54) is 32.1 Å². The summed E-state index contributed by atoms with van der Waals surface area (Å²) in [7, 11) is 0. The Morgan fingerprint density at radius 1 is 1.00 bits per heavy atom. The van der Waals surface area contributed by atoms with Crippen LogP contribution in [0.15, 0.2) is 30.3 Å². The highest BCUT2D eigenvalue weighted by Gasteiger charge is 2.36. The molecule has 0 bridgehead atoms. The lowest BCUT2D eigenvalue weighted by Gasteiger charge is -2.43. The Hall–Kier alpha value is -1.51. The monoisotopic (exact) mass is 287 g/mol. The largest absolute Gasteiger partial charge is 0.445 e. The number of hydrogen-bond acceptors (Lipinski definition) is 2. The molecule has 1 saturated heterocycles. The summed E-state index contributed by atoms with van der Waals surface area (Å²) < 4.78 is 5.43. The number of ether oxygens (including phenoxy) is 1. The van der Waals surface area contributed by atoms with Crippen LogP contribution in [0.25, 0.3) is 0 Å². The minimum atomic E-state index is -0.149. The van der Waals surface area contributed by atoms with E-state index in [1.807, 2.05) is 35.2 Å². The van der Waals surface area contributed by atoms with Gasteiger partial charge in [-0.15, -0.1) is 0 Å². The molecule has 1 aliphatic carbocycles. The fraction of sp³-hybridized carbons (Fsp3) is 0.611. The summed E-state index contributed by atoms with van der Waals surface area (Å²) in [5, 5.41) is 0. The van der Waals surface area contributed by atoms with Gasteiger partial charge in [-0.2, -0.15) is 0 Å². The minimum Gasteiger partial charge on any atom is -0.445 e. The van der Waals surface area contributed by atoms with Gasteiger partial charge in [-0.05, 0) is 36.7 Å². The molecular formula is C18H25NO2. The van der Waals surface area contributed by atoms with Gasteiger partial charge in [-0.1, -0.05) is 49.6 Å². The summed E-state index contributed by atoms with van der Waals surface area (Å²) in [5.74, 6) is 0. The highest BCUT2D eigenvalue weighted by atomic mass is 16.6. The van der Waals surface area contributed by atoms with Crippen LogP contribution < -0.4 is 0 Å². The molecule has 0 N–H and O–H groups in total.